The molecule has 0 amide bonds. The molecule has 2 heterocycles. The number of hydrogen-bond acceptors (Lipinski definition) is 6. The second-order valence-electron chi connectivity index (χ2n) is 7.78. The third kappa shape index (κ3) is 6.06. The van der Waals surface area contributed by atoms with Gasteiger partial charge < -0.3 is 20.2 Å². The zero-order valence-corrected chi connectivity index (χ0v) is 18.3. The molecule has 7 nitrogen and oxygen atoms in total. The highest BCUT2D eigenvalue weighted by molar-refractivity contribution is 5.86. The van der Waals surface area contributed by atoms with Crippen molar-refractivity contribution in [3.63, 3.8) is 0 Å². The molecule has 2 aromatic carbocycles. The molecule has 1 aromatic heterocycles. The number of benzene rings is 2. The van der Waals surface area contributed by atoms with Gasteiger partial charge in [0.15, 0.2) is 0 Å². The van der Waals surface area contributed by atoms with Gasteiger partial charge in [0.1, 0.15) is 18.2 Å². The van der Waals surface area contributed by atoms with E-state index in [1.54, 1.807) is 24.4 Å². The van der Waals surface area contributed by atoms with Gasteiger partial charge in [0, 0.05) is 61.6 Å². The molecule has 172 valence electrons. The number of ether oxygens (including phenoxy) is 2. The average Bonchev–Trinajstić information content (AvgIpc) is 2.85. The molecule has 4 rings (SSSR count). The largest absolute Gasteiger partial charge is 0.489 e. The third-order valence-corrected chi connectivity index (χ3v) is 5.53. The second-order valence-corrected chi connectivity index (χ2v) is 7.78. The maximum atomic E-state index is 13.0. The van der Waals surface area contributed by atoms with Crippen LogP contribution in [-0.4, -0.2) is 55.1 Å². The van der Waals surface area contributed by atoms with E-state index in [4.69, 9.17) is 14.9 Å². The van der Waals surface area contributed by atoms with Gasteiger partial charge in [-0.2, -0.15) is 0 Å². The van der Waals surface area contributed by atoms with Crippen molar-refractivity contribution in [1.82, 2.24) is 9.47 Å². The van der Waals surface area contributed by atoms with E-state index in [1.807, 2.05) is 18.2 Å². The van der Waals surface area contributed by atoms with Gasteiger partial charge in [-0.05, 0) is 42.0 Å². The molecule has 0 atom stereocenters. The molecule has 0 spiro atoms. The van der Waals surface area contributed by atoms with E-state index in [9.17, 15) is 9.18 Å². The van der Waals surface area contributed by atoms with Crippen molar-refractivity contribution < 1.29 is 13.9 Å². The van der Waals surface area contributed by atoms with E-state index < -0.39 is 0 Å². The number of morpholine rings is 1. The van der Waals surface area contributed by atoms with Crippen LogP contribution in [0.4, 0.5) is 10.1 Å². The highest BCUT2D eigenvalue weighted by Gasteiger charge is 2.10. The first-order valence-electron chi connectivity index (χ1n) is 10.9. The zero-order chi connectivity index (χ0) is 23.0. The predicted molar refractivity (Wildman–Crippen MR) is 126 cm³/mol. The molecule has 0 aliphatic carbocycles. The number of halogens is 1. The Balaban J connectivity index is 1.40. The fraction of sp³-hybridized carbons (Fsp3) is 0.280. The van der Waals surface area contributed by atoms with Crippen molar-refractivity contribution in [2.45, 2.75) is 6.61 Å². The van der Waals surface area contributed by atoms with Gasteiger partial charge in [-0.25, -0.2) is 4.39 Å². The Labute approximate surface area is 191 Å². The van der Waals surface area contributed by atoms with Gasteiger partial charge in [-0.1, -0.05) is 12.1 Å². The number of rotatable bonds is 9. The highest BCUT2D eigenvalue weighted by atomic mass is 19.1. The quantitative estimate of drug-likeness (QED) is 0.489. The Bertz CT molecular complexity index is 1140. The van der Waals surface area contributed by atoms with Crippen molar-refractivity contribution in [3.8, 4) is 11.4 Å². The van der Waals surface area contributed by atoms with Crippen LogP contribution in [0.5, 0.6) is 5.75 Å². The number of hydrogen-bond donors (Lipinski definition) is 2. The van der Waals surface area contributed by atoms with Crippen LogP contribution in [0.3, 0.4) is 0 Å². The average molecular weight is 451 g/mol. The number of anilines is 1. The van der Waals surface area contributed by atoms with Crippen LogP contribution in [0, 0.1) is 11.2 Å². The summed E-state index contributed by atoms with van der Waals surface area (Å²) in [4.78, 5) is 15.0. The maximum Gasteiger partial charge on any atom is 0.258 e. The molecule has 1 fully saturated rings. The Morgan fingerprint density at radius 3 is 2.61 bits per heavy atom. The monoisotopic (exact) mass is 450 g/mol. The van der Waals surface area contributed by atoms with E-state index in [2.05, 4.69) is 10.2 Å². The fourth-order valence-corrected chi connectivity index (χ4v) is 3.67. The summed E-state index contributed by atoms with van der Waals surface area (Å²) in [6, 6.07) is 14.7. The Kier molecular flexibility index (Phi) is 7.49. The number of nitrogens with zero attached hydrogens (tertiary/aromatic N) is 2. The molecule has 2 N–H and O–H groups in total. The van der Waals surface area contributed by atoms with Crippen molar-refractivity contribution in [3.05, 3.63) is 88.1 Å². The van der Waals surface area contributed by atoms with Crippen LogP contribution >= 0.6 is 0 Å². The van der Waals surface area contributed by atoms with E-state index in [-0.39, 0.29) is 18.0 Å². The number of pyridine rings is 1. The van der Waals surface area contributed by atoms with Crippen LogP contribution in [0.15, 0.2) is 65.6 Å². The standard InChI is InChI=1S/C25H27FN4O3/c26-21-3-1-19(2-4-21)18-33-23-7-9-30(25(31)16-23)22-5-6-24(20(15-22)17-27)28-8-10-29-11-13-32-14-12-29/h1-7,9,15-17,27-28H,8,10-14,18H2. The fourth-order valence-electron chi connectivity index (χ4n) is 3.67. The highest BCUT2D eigenvalue weighted by Crippen LogP contribution is 2.19. The third-order valence-electron chi connectivity index (χ3n) is 5.53. The van der Waals surface area contributed by atoms with Gasteiger partial charge in [-0.3, -0.25) is 14.3 Å². The van der Waals surface area contributed by atoms with Crippen LogP contribution in [0.25, 0.3) is 5.69 Å². The summed E-state index contributed by atoms with van der Waals surface area (Å²) in [5.41, 5.74) is 2.80. The van der Waals surface area contributed by atoms with Crippen LogP contribution in [0.1, 0.15) is 11.1 Å². The molecular formula is C25H27FN4O3. The molecule has 3 aromatic rings. The van der Waals surface area contributed by atoms with Gasteiger partial charge >= 0.3 is 0 Å². The molecular weight excluding hydrogens is 423 g/mol. The maximum absolute atomic E-state index is 13.0. The zero-order valence-electron chi connectivity index (χ0n) is 18.3. The first-order valence-corrected chi connectivity index (χ1v) is 10.9. The van der Waals surface area contributed by atoms with Crippen LogP contribution in [0.2, 0.25) is 0 Å². The molecule has 0 saturated carbocycles. The van der Waals surface area contributed by atoms with Gasteiger partial charge in [0.25, 0.3) is 5.56 Å². The summed E-state index contributed by atoms with van der Waals surface area (Å²) < 4.78 is 25.6. The molecule has 8 heteroatoms. The normalized spacial score (nSPS) is 14.1. The Morgan fingerprint density at radius 2 is 1.88 bits per heavy atom. The Hall–Kier alpha value is -3.49. The lowest BCUT2D eigenvalue weighted by Crippen LogP contribution is -2.39. The lowest BCUT2D eigenvalue weighted by Gasteiger charge is -2.26. The summed E-state index contributed by atoms with van der Waals surface area (Å²) in [5.74, 6) is 0.137. The van der Waals surface area contributed by atoms with Crippen molar-refractivity contribution >= 4 is 11.9 Å². The summed E-state index contributed by atoms with van der Waals surface area (Å²) in [7, 11) is 0. The second kappa shape index (κ2) is 10.9. The smallest absolute Gasteiger partial charge is 0.258 e. The number of aromatic nitrogens is 1. The molecule has 0 bridgehead atoms. The summed E-state index contributed by atoms with van der Waals surface area (Å²) in [6.07, 6.45) is 2.93. The molecule has 1 aliphatic rings. The van der Waals surface area contributed by atoms with Crippen molar-refractivity contribution in [2.24, 2.45) is 0 Å². The van der Waals surface area contributed by atoms with Gasteiger partial charge in [0.2, 0.25) is 0 Å². The van der Waals surface area contributed by atoms with E-state index >= 15 is 0 Å². The van der Waals surface area contributed by atoms with E-state index in [1.165, 1.54) is 29.0 Å². The summed E-state index contributed by atoms with van der Waals surface area (Å²) >= 11 is 0. The summed E-state index contributed by atoms with van der Waals surface area (Å²) in [6.45, 7) is 5.32. The summed E-state index contributed by atoms with van der Waals surface area (Å²) in [5, 5.41) is 11.2. The van der Waals surface area contributed by atoms with Gasteiger partial charge in [-0.15, -0.1) is 0 Å². The minimum Gasteiger partial charge on any atom is -0.489 e. The first-order chi connectivity index (χ1) is 16.1. The van der Waals surface area contributed by atoms with Gasteiger partial charge in [0.05, 0.1) is 13.2 Å². The van der Waals surface area contributed by atoms with E-state index in [0.29, 0.717) is 17.0 Å². The first kappa shape index (κ1) is 22.7. The van der Waals surface area contributed by atoms with Crippen LogP contribution < -0.4 is 15.6 Å². The SMILES string of the molecule is N=Cc1cc(-n2ccc(OCc3ccc(F)cc3)cc2=O)ccc1NCCN1CCOCC1. The number of nitrogens with one attached hydrogen (secondary N) is 2. The lowest BCUT2D eigenvalue weighted by molar-refractivity contribution is 0.0398. The minimum atomic E-state index is -0.302. The predicted octanol–water partition coefficient (Wildman–Crippen LogP) is 3.30. The van der Waals surface area contributed by atoms with E-state index in [0.717, 1.165) is 50.6 Å². The van der Waals surface area contributed by atoms with Crippen molar-refractivity contribution in [2.75, 3.05) is 44.7 Å². The van der Waals surface area contributed by atoms with Crippen LogP contribution in [-0.2, 0) is 11.3 Å². The Morgan fingerprint density at radius 1 is 1.09 bits per heavy atom. The lowest BCUT2D eigenvalue weighted by atomic mass is 10.1. The molecule has 1 aliphatic heterocycles. The van der Waals surface area contributed by atoms with Crippen molar-refractivity contribution in [1.29, 1.82) is 5.41 Å². The molecule has 33 heavy (non-hydrogen) atoms. The molecule has 1 saturated heterocycles. The molecule has 0 unspecified atom stereocenters. The minimum absolute atomic E-state index is 0.240. The topological polar surface area (TPSA) is 79.6 Å². The molecule has 0 radical (unpaired) electrons.